The molecule has 0 unspecified atom stereocenters. The molecular weight excluding hydrogens is 264 g/mol. The van der Waals surface area contributed by atoms with Gasteiger partial charge in [-0.25, -0.2) is 0 Å². The summed E-state index contributed by atoms with van der Waals surface area (Å²) < 4.78 is 5.21. The van der Waals surface area contributed by atoms with Crippen molar-refractivity contribution in [3.63, 3.8) is 0 Å². The fourth-order valence-corrected chi connectivity index (χ4v) is 2.99. The van der Waals surface area contributed by atoms with Crippen LogP contribution in [0.15, 0.2) is 24.3 Å². The Hall–Kier alpha value is -1.35. The zero-order valence-corrected chi connectivity index (χ0v) is 13.1. The molecule has 0 heterocycles. The second-order valence-corrected chi connectivity index (χ2v) is 6.02. The molecule has 2 rings (SSSR count). The number of aliphatic hydroxyl groups is 1. The number of esters is 1. The van der Waals surface area contributed by atoms with Crippen molar-refractivity contribution in [2.45, 2.75) is 58.0 Å². The van der Waals surface area contributed by atoms with E-state index in [2.05, 4.69) is 19.1 Å². The Bertz CT molecular complexity index is 456. The second kappa shape index (κ2) is 7.08. The maximum atomic E-state index is 11.9. The van der Waals surface area contributed by atoms with E-state index in [1.165, 1.54) is 5.56 Å². The zero-order valence-electron chi connectivity index (χ0n) is 13.1. The standard InChI is InChI=1S/C18H26O3/c1-3-13-21-17(19)15-9-11-18(20,12-10-15)16-7-5-14(4-2)6-8-16/h5-8,15,20H,3-4,9-13H2,1-2H3. The summed E-state index contributed by atoms with van der Waals surface area (Å²) in [5, 5.41) is 10.8. The van der Waals surface area contributed by atoms with Gasteiger partial charge in [0, 0.05) is 0 Å². The summed E-state index contributed by atoms with van der Waals surface area (Å²) in [6.45, 7) is 4.61. The highest BCUT2D eigenvalue weighted by Crippen LogP contribution is 2.39. The van der Waals surface area contributed by atoms with Gasteiger partial charge in [0.15, 0.2) is 0 Å². The Morgan fingerprint density at radius 2 is 1.86 bits per heavy atom. The van der Waals surface area contributed by atoms with Crippen LogP contribution in [0.4, 0.5) is 0 Å². The van der Waals surface area contributed by atoms with Gasteiger partial charge in [-0.3, -0.25) is 4.79 Å². The van der Waals surface area contributed by atoms with Crippen LogP contribution in [-0.4, -0.2) is 17.7 Å². The van der Waals surface area contributed by atoms with E-state index in [0.29, 0.717) is 32.3 Å². The van der Waals surface area contributed by atoms with Gasteiger partial charge < -0.3 is 9.84 Å². The van der Waals surface area contributed by atoms with Crippen LogP contribution in [-0.2, 0) is 21.6 Å². The van der Waals surface area contributed by atoms with Crippen molar-refractivity contribution in [3.8, 4) is 0 Å². The zero-order chi connectivity index (χ0) is 15.3. The SMILES string of the molecule is CCCOC(=O)C1CCC(O)(c2ccc(CC)cc2)CC1. The predicted octanol–water partition coefficient (Wildman–Crippen LogP) is 3.58. The summed E-state index contributed by atoms with van der Waals surface area (Å²) in [7, 11) is 0. The van der Waals surface area contributed by atoms with Crippen LogP contribution in [0.5, 0.6) is 0 Å². The Labute approximate surface area is 127 Å². The number of hydrogen-bond donors (Lipinski definition) is 1. The monoisotopic (exact) mass is 290 g/mol. The van der Waals surface area contributed by atoms with E-state index in [1.54, 1.807) is 0 Å². The first-order valence-corrected chi connectivity index (χ1v) is 8.07. The highest BCUT2D eigenvalue weighted by molar-refractivity contribution is 5.72. The average Bonchev–Trinajstić information content (AvgIpc) is 2.53. The maximum Gasteiger partial charge on any atom is 0.308 e. The molecule has 1 saturated carbocycles. The summed E-state index contributed by atoms with van der Waals surface area (Å²) in [6, 6.07) is 8.20. The topological polar surface area (TPSA) is 46.5 Å². The molecule has 1 N–H and O–H groups in total. The molecule has 0 aliphatic heterocycles. The van der Waals surface area contributed by atoms with E-state index in [9.17, 15) is 9.90 Å². The van der Waals surface area contributed by atoms with E-state index in [1.807, 2.05) is 19.1 Å². The lowest BCUT2D eigenvalue weighted by molar-refractivity contribution is -0.151. The minimum Gasteiger partial charge on any atom is -0.465 e. The van der Waals surface area contributed by atoms with Crippen LogP contribution in [0.3, 0.4) is 0 Å². The van der Waals surface area contributed by atoms with Crippen molar-refractivity contribution in [2.75, 3.05) is 6.61 Å². The smallest absolute Gasteiger partial charge is 0.308 e. The molecule has 116 valence electrons. The van der Waals surface area contributed by atoms with Crippen LogP contribution < -0.4 is 0 Å². The van der Waals surface area contributed by atoms with E-state index in [0.717, 1.165) is 18.4 Å². The van der Waals surface area contributed by atoms with Crippen molar-refractivity contribution in [1.82, 2.24) is 0 Å². The third-order valence-electron chi connectivity index (χ3n) is 4.49. The van der Waals surface area contributed by atoms with Gasteiger partial charge in [-0.05, 0) is 49.7 Å². The van der Waals surface area contributed by atoms with Gasteiger partial charge in [0.05, 0.1) is 18.1 Å². The molecule has 1 aliphatic carbocycles. The number of benzene rings is 1. The Kier molecular flexibility index (Phi) is 5.40. The maximum absolute atomic E-state index is 11.9. The van der Waals surface area contributed by atoms with Gasteiger partial charge in [-0.15, -0.1) is 0 Å². The predicted molar refractivity (Wildman–Crippen MR) is 82.9 cm³/mol. The molecule has 0 atom stereocenters. The largest absolute Gasteiger partial charge is 0.465 e. The molecule has 0 amide bonds. The Balaban J connectivity index is 1.96. The van der Waals surface area contributed by atoms with Gasteiger partial charge in [-0.1, -0.05) is 38.1 Å². The number of aryl methyl sites for hydroxylation is 1. The van der Waals surface area contributed by atoms with Gasteiger partial charge >= 0.3 is 5.97 Å². The second-order valence-electron chi connectivity index (χ2n) is 6.02. The average molecular weight is 290 g/mol. The number of carbonyl (C=O) groups excluding carboxylic acids is 1. The van der Waals surface area contributed by atoms with Crippen LogP contribution in [0, 0.1) is 5.92 Å². The van der Waals surface area contributed by atoms with Gasteiger partial charge in [0.2, 0.25) is 0 Å². The molecule has 1 aliphatic rings. The van der Waals surface area contributed by atoms with E-state index in [4.69, 9.17) is 4.74 Å². The summed E-state index contributed by atoms with van der Waals surface area (Å²) in [5.41, 5.74) is 1.47. The summed E-state index contributed by atoms with van der Waals surface area (Å²) in [4.78, 5) is 11.9. The molecule has 0 bridgehead atoms. The van der Waals surface area contributed by atoms with E-state index < -0.39 is 5.60 Å². The van der Waals surface area contributed by atoms with Crippen LogP contribution in [0.25, 0.3) is 0 Å². The van der Waals surface area contributed by atoms with Gasteiger partial charge in [0.25, 0.3) is 0 Å². The molecule has 0 aromatic heterocycles. The highest BCUT2D eigenvalue weighted by Gasteiger charge is 2.37. The van der Waals surface area contributed by atoms with Crippen molar-refractivity contribution in [1.29, 1.82) is 0 Å². The normalized spacial score (nSPS) is 25.6. The fraction of sp³-hybridized carbons (Fsp3) is 0.611. The lowest BCUT2D eigenvalue weighted by atomic mass is 9.75. The summed E-state index contributed by atoms with van der Waals surface area (Å²) >= 11 is 0. The number of hydrogen-bond acceptors (Lipinski definition) is 3. The molecule has 1 aromatic rings. The van der Waals surface area contributed by atoms with Crippen LogP contribution in [0.1, 0.15) is 57.1 Å². The van der Waals surface area contributed by atoms with Gasteiger partial charge in [0.1, 0.15) is 0 Å². The number of rotatable bonds is 5. The third kappa shape index (κ3) is 3.85. The minimum absolute atomic E-state index is 0.0493. The molecule has 21 heavy (non-hydrogen) atoms. The summed E-state index contributed by atoms with van der Waals surface area (Å²) in [5.74, 6) is -0.146. The lowest BCUT2D eigenvalue weighted by Gasteiger charge is -2.35. The fourth-order valence-electron chi connectivity index (χ4n) is 2.99. The Morgan fingerprint density at radius 3 is 2.38 bits per heavy atom. The molecule has 0 radical (unpaired) electrons. The molecule has 3 heteroatoms. The molecule has 1 aromatic carbocycles. The van der Waals surface area contributed by atoms with Crippen molar-refractivity contribution < 1.29 is 14.6 Å². The minimum atomic E-state index is -0.784. The van der Waals surface area contributed by atoms with Crippen molar-refractivity contribution in [2.24, 2.45) is 5.92 Å². The third-order valence-corrected chi connectivity index (χ3v) is 4.49. The quantitative estimate of drug-likeness (QED) is 0.843. The number of carbonyl (C=O) groups is 1. The van der Waals surface area contributed by atoms with Crippen LogP contribution >= 0.6 is 0 Å². The van der Waals surface area contributed by atoms with Crippen LogP contribution in [0.2, 0.25) is 0 Å². The van der Waals surface area contributed by atoms with Crippen molar-refractivity contribution >= 4 is 5.97 Å². The Morgan fingerprint density at radius 1 is 1.24 bits per heavy atom. The summed E-state index contributed by atoms with van der Waals surface area (Å²) in [6.07, 6.45) is 4.52. The van der Waals surface area contributed by atoms with Gasteiger partial charge in [-0.2, -0.15) is 0 Å². The van der Waals surface area contributed by atoms with E-state index in [-0.39, 0.29) is 11.9 Å². The first-order chi connectivity index (χ1) is 10.1. The van der Waals surface area contributed by atoms with E-state index >= 15 is 0 Å². The first kappa shape index (κ1) is 16.0. The molecule has 0 spiro atoms. The molecule has 0 saturated heterocycles. The number of ether oxygens (including phenoxy) is 1. The highest BCUT2D eigenvalue weighted by atomic mass is 16.5. The first-order valence-electron chi connectivity index (χ1n) is 8.07. The molecular formula is C18H26O3. The lowest BCUT2D eigenvalue weighted by Crippen LogP contribution is -2.34. The molecule has 3 nitrogen and oxygen atoms in total. The molecule has 1 fully saturated rings. The van der Waals surface area contributed by atoms with Crippen molar-refractivity contribution in [3.05, 3.63) is 35.4 Å².